The topological polar surface area (TPSA) is 107 Å². The average Bonchev–Trinajstić information content (AvgIpc) is 3.10. The molecule has 140 valence electrons. The summed E-state index contributed by atoms with van der Waals surface area (Å²) in [4.78, 5) is 28.6. The fraction of sp³-hybridized carbons (Fsp3) is 0.389. The standard InChI is InChI=1S/C18H24N4O4/c1-5-6-7-19-13-9-18(3,20-10-13)22(17(25)26)14-8-15(21(4)11-14)12(2)16(23)24/h8-11,19H,2,5-7H2,1,3-4H3,(H,23,24)(H,25,26). The zero-order valence-corrected chi connectivity index (χ0v) is 15.2. The summed E-state index contributed by atoms with van der Waals surface area (Å²) in [6, 6.07) is 1.49. The molecule has 0 radical (unpaired) electrons. The number of hydrogen-bond donors (Lipinski definition) is 3. The summed E-state index contributed by atoms with van der Waals surface area (Å²) >= 11 is 0. The molecule has 3 N–H and O–H groups in total. The van der Waals surface area contributed by atoms with Crippen LogP contribution in [-0.4, -0.2) is 45.3 Å². The number of nitrogens with zero attached hydrogens (tertiary/aromatic N) is 3. The van der Waals surface area contributed by atoms with Gasteiger partial charge >= 0.3 is 12.1 Å². The second-order valence-corrected chi connectivity index (χ2v) is 6.33. The number of hydrogen-bond acceptors (Lipinski definition) is 4. The summed E-state index contributed by atoms with van der Waals surface area (Å²) in [5, 5.41) is 22.1. The second-order valence-electron chi connectivity index (χ2n) is 6.33. The first-order valence-electron chi connectivity index (χ1n) is 8.33. The lowest BCUT2D eigenvalue weighted by atomic mass is 10.1. The van der Waals surface area contributed by atoms with E-state index in [1.807, 2.05) is 0 Å². The Balaban J connectivity index is 2.35. The van der Waals surface area contributed by atoms with Crippen molar-refractivity contribution in [3.63, 3.8) is 0 Å². The molecule has 2 heterocycles. The van der Waals surface area contributed by atoms with Gasteiger partial charge in [-0.1, -0.05) is 19.9 Å². The lowest BCUT2D eigenvalue weighted by Crippen LogP contribution is -2.46. The maximum Gasteiger partial charge on any atom is 0.414 e. The van der Waals surface area contributed by atoms with E-state index in [9.17, 15) is 14.7 Å². The predicted molar refractivity (Wildman–Crippen MR) is 100 cm³/mol. The van der Waals surface area contributed by atoms with E-state index in [2.05, 4.69) is 23.8 Å². The van der Waals surface area contributed by atoms with E-state index in [0.29, 0.717) is 11.4 Å². The normalized spacial score (nSPS) is 18.5. The van der Waals surface area contributed by atoms with Crippen molar-refractivity contribution in [3.8, 4) is 0 Å². The maximum atomic E-state index is 11.9. The molecule has 1 aromatic heterocycles. The Morgan fingerprint density at radius 1 is 1.42 bits per heavy atom. The summed E-state index contributed by atoms with van der Waals surface area (Å²) in [5.74, 6) is -1.16. The number of aromatic nitrogens is 1. The van der Waals surface area contributed by atoms with Gasteiger partial charge in [-0.15, -0.1) is 0 Å². The molecule has 0 fully saturated rings. The molecule has 1 unspecified atom stereocenters. The summed E-state index contributed by atoms with van der Waals surface area (Å²) in [5.41, 5.74) is 0.182. The first-order valence-corrected chi connectivity index (χ1v) is 8.33. The van der Waals surface area contributed by atoms with Crippen LogP contribution in [0.2, 0.25) is 0 Å². The van der Waals surface area contributed by atoms with Crippen molar-refractivity contribution in [2.45, 2.75) is 32.4 Å². The van der Waals surface area contributed by atoms with Gasteiger partial charge in [-0.3, -0.25) is 4.99 Å². The number of aliphatic imine (C=N–C) groups is 1. The molecule has 1 amide bonds. The highest BCUT2D eigenvalue weighted by atomic mass is 16.4. The summed E-state index contributed by atoms with van der Waals surface area (Å²) in [6.45, 7) is 8.09. The van der Waals surface area contributed by atoms with E-state index >= 15 is 0 Å². The van der Waals surface area contributed by atoms with Crippen LogP contribution in [0.15, 0.2) is 35.6 Å². The Morgan fingerprint density at radius 3 is 2.69 bits per heavy atom. The van der Waals surface area contributed by atoms with E-state index in [4.69, 9.17) is 5.11 Å². The Morgan fingerprint density at radius 2 is 2.12 bits per heavy atom. The van der Waals surface area contributed by atoms with Gasteiger partial charge in [0.05, 0.1) is 22.7 Å². The molecule has 0 aliphatic carbocycles. The van der Waals surface area contributed by atoms with E-state index in [1.54, 1.807) is 32.5 Å². The molecular formula is C18H24N4O4. The van der Waals surface area contributed by atoms with Crippen LogP contribution in [-0.2, 0) is 11.8 Å². The van der Waals surface area contributed by atoms with Crippen LogP contribution in [0, 0.1) is 0 Å². The van der Waals surface area contributed by atoms with Gasteiger partial charge in [-0.2, -0.15) is 0 Å². The van der Waals surface area contributed by atoms with Crippen molar-refractivity contribution in [2.75, 3.05) is 11.4 Å². The SMILES string of the molecule is C=C(C(=O)O)c1cc(N(C(=O)O)C2(C)C=C(NCCCC)C=N2)cn1C. The van der Waals surface area contributed by atoms with Crippen LogP contribution in [0.5, 0.6) is 0 Å². The van der Waals surface area contributed by atoms with Crippen LogP contribution in [0.25, 0.3) is 5.57 Å². The quantitative estimate of drug-likeness (QED) is 0.488. The van der Waals surface area contributed by atoms with E-state index < -0.39 is 17.7 Å². The molecule has 1 aliphatic heterocycles. The lowest BCUT2D eigenvalue weighted by molar-refractivity contribution is -0.130. The van der Waals surface area contributed by atoms with Crippen LogP contribution in [0.3, 0.4) is 0 Å². The molecule has 2 rings (SSSR count). The van der Waals surface area contributed by atoms with Crippen molar-refractivity contribution in [1.29, 1.82) is 0 Å². The third kappa shape index (κ3) is 3.79. The number of allylic oxidation sites excluding steroid dienone is 1. The molecule has 8 nitrogen and oxygen atoms in total. The molecule has 0 saturated carbocycles. The molecule has 1 aliphatic rings. The van der Waals surface area contributed by atoms with Crippen molar-refractivity contribution in [1.82, 2.24) is 9.88 Å². The van der Waals surface area contributed by atoms with Gasteiger partial charge in [0.25, 0.3) is 0 Å². The minimum atomic E-state index is -1.19. The van der Waals surface area contributed by atoms with Gasteiger partial charge in [-0.25, -0.2) is 14.5 Å². The Kier molecular flexibility index (Phi) is 5.54. The number of aryl methyl sites for hydroxylation is 1. The van der Waals surface area contributed by atoms with Gasteiger partial charge in [-0.05, 0) is 25.5 Å². The first kappa shape index (κ1) is 19.3. The Bertz CT molecular complexity index is 793. The fourth-order valence-electron chi connectivity index (χ4n) is 2.84. The Hall–Kier alpha value is -3.03. The molecular weight excluding hydrogens is 336 g/mol. The molecule has 1 aromatic rings. The zero-order chi connectivity index (χ0) is 19.5. The van der Waals surface area contributed by atoms with E-state index in [0.717, 1.165) is 30.0 Å². The first-order chi connectivity index (χ1) is 12.2. The number of aliphatic carboxylic acids is 1. The highest BCUT2D eigenvalue weighted by molar-refractivity contribution is 6.14. The van der Waals surface area contributed by atoms with Crippen LogP contribution in [0.1, 0.15) is 32.4 Å². The van der Waals surface area contributed by atoms with Crippen molar-refractivity contribution < 1.29 is 19.8 Å². The number of rotatable bonds is 8. The number of carboxylic acid groups (broad SMARTS) is 2. The smallest absolute Gasteiger partial charge is 0.414 e. The number of amides is 1. The third-order valence-corrected chi connectivity index (χ3v) is 4.21. The highest BCUT2D eigenvalue weighted by Gasteiger charge is 2.38. The van der Waals surface area contributed by atoms with Crippen LogP contribution < -0.4 is 10.2 Å². The molecule has 0 bridgehead atoms. The summed E-state index contributed by atoms with van der Waals surface area (Å²) in [7, 11) is 1.64. The number of carboxylic acids is 1. The zero-order valence-electron chi connectivity index (χ0n) is 15.2. The van der Waals surface area contributed by atoms with Gasteiger partial charge in [0.2, 0.25) is 0 Å². The summed E-state index contributed by atoms with van der Waals surface area (Å²) in [6.07, 6.45) is 5.78. The monoisotopic (exact) mass is 360 g/mol. The number of unbranched alkanes of at least 4 members (excludes halogenated alkanes) is 1. The molecule has 0 aromatic carbocycles. The largest absolute Gasteiger partial charge is 0.478 e. The molecule has 26 heavy (non-hydrogen) atoms. The lowest BCUT2D eigenvalue weighted by Gasteiger charge is -2.31. The maximum absolute atomic E-state index is 11.9. The van der Waals surface area contributed by atoms with Gasteiger partial charge in [0, 0.05) is 26.0 Å². The number of anilines is 1. The molecule has 0 spiro atoms. The highest BCUT2D eigenvalue weighted by Crippen LogP contribution is 2.32. The van der Waals surface area contributed by atoms with E-state index in [1.165, 1.54) is 10.6 Å². The van der Waals surface area contributed by atoms with Crippen molar-refractivity contribution >= 4 is 29.5 Å². The number of nitrogens with one attached hydrogen (secondary N) is 1. The van der Waals surface area contributed by atoms with Gasteiger partial charge < -0.3 is 20.1 Å². The Labute approximate surface area is 152 Å². The van der Waals surface area contributed by atoms with Crippen molar-refractivity contribution in [2.24, 2.45) is 12.0 Å². The van der Waals surface area contributed by atoms with Crippen LogP contribution >= 0.6 is 0 Å². The molecule has 1 atom stereocenters. The van der Waals surface area contributed by atoms with E-state index in [-0.39, 0.29) is 5.57 Å². The van der Waals surface area contributed by atoms with Crippen molar-refractivity contribution in [3.05, 3.63) is 36.3 Å². The minimum absolute atomic E-state index is 0.110. The average molecular weight is 360 g/mol. The summed E-state index contributed by atoms with van der Waals surface area (Å²) < 4.78 is 1.54. The van der Waals surface area contributed by atoms with Crippen LogP contribution in [0.4, 0.5) is 10.5 Å². The third-order valence-electron chi connectivity index (χ3n) is 4.21. The van der Waals surface area contributed by atoms with Gasteiger partial charge in [0.1, 0.15) is 0 Å². The second kappa shape index (κ2) is 7.47. The fourth-order valence-corrected chi connectivity index (χ4v) is 2.84. The predicted octanol–water partition coefficient (Wildman–Crippen LogP) is 2.68. The molecule has 0 saturated heterocycles. The molecule has 8 heteroatoms. The van der Waals surface area contributed by atoms with Gasteiger partial charge in [0.15, 0.2) is 5.66 Å². The number of carbonyl (C=O) groups is 2. The minimum Gasteiger partial charge on any atom is -0.478 e.